The summed E-state index contributed by atoms with van der Waals surface area (Å²) in [6.45, 7) is 2.01. The maximum absolute atomic E-state index is 10.7. The molecule has 13 heavy (non-hydrogen) atoms. The van der Waals surface area contributed by atoms with E-state index >= 15 is 0 Å². The number of hydrogen-bond acceptors (Lipinski definition) is 3. The summed E-state index contributed by atoms with van der Waals surface area (Å²) in [5, 5.41) is 3.38. The minimum Gasteiger partial charge on any atom is -0.363 e. The van der Waals surface area contributed by atoms with Gasteiger partial charge in [-0.05, 0) is 30.4 Å². The van der Waals surface area contributed by atoms with Crippen LogP contribution in [-0.4, -0.2) is 19.4 Å². The van der Waals surface area contributed by atoms with E-state index in [0.717, 1.165) is 32.2 Å². The fourth-order valence-electron chi connectivity index (χ4n) is 1.77. The predicted octanol–water partition coefficient (Wildman–Crippen LogP) is 2.16. The Balaban J connectivity index is 2.04. The summed E-state index contributed by atoms with van der Waals surface area (Å²) in [5.41, 5.74) is 0. The van der Waals surface area contributed by atoms with Crippen LogP contribution >= 0.6 is 11.3 Å². The molecule has 0 amide bonds. The lowest BCUT2D eigenvalue weighted by Gasteiger charge is -2.30. The number of hydrogen-bond donors (Lipinski definition) is 0. The van der Waals surface area contributed by atoms with Crippen LogP contribution in [0.15, 0.2) is 17.5 Å². The molecule has 0 aromatic carbocycles. The van der Waals surface area contributed by atoms with Crippen LogP contribution in [0, 0.1) is 5.92 Å². The quantitative estimate of drug-likeness (QED) is 0.674. The second-order valence-electron chi connectivity index (χ2n) is 3.44. The maximum Gasteiger partial charge on any atom is 0.124 e. The standard InChI is InChI=1S/C10H13NOS/c12-8-9-3-1-5-11(7-9)10-4-2-6-13-10/h2,4,6,8-9H,1,3,5,7H2. The monoisotopic (exact) mass is 195 g/mol. The molecule has 70 valence electrons. The summed E-state index contributed by atoms with van der Waals surface area (Å²) in [4.78, 5) is 13.0. The molecule has 1 aliphatic rings. The van der Waals surface area contributed by atoms with Crippen molar-refractivity contribution in [2.45, 2.75) is 12.8 Å². The number of nitrogens with zero attached hydrogens (tertiary/aromatic N) is 1. The van der Waals surface area contributed by atoms with Crippen molar-refractivity contribution in [3.8, 4) is 0 Å². The number of carbonyl (C=O) groups is 1. The molecule has 0 N–H and O–H groups in total. The van der Waals surface area contributed by atoms with Crippen LogP contribution in [0.3, 0.4) is 0 Å². The first-order valence-electron chi connectivity index (χ1n) is 4.64. The fraction of sp³-hybridized carbons (Fsp3) is 0.500. The Kier molecular flexibility index (Phi) is 2.64. The van der Waals surface area contributed by atoms with Crippen molar-refractivity contribution in [2.75, 3.05) is 18.0 Å². The molecule has 0 spiro atoms. The molecule has 1 aromatic rings. The van der Waals surface area contributed by atoms with E-state index < -0.39 is 0 Å². The summed E-state index contributed by atoms with van der Waals surface area (Å²) in [5.74, 6) is 0.246. The van der Waals surface area contributed by atoms with Crippen molar-refractivity contribution >= 4 is 22.6 Å². The Bertz CT molecular complexity index is 270. The van der Waals surface area contributed by atoms with E-state index in [9.17, 15) is 4.79 Å². The van der Waals surface area contributed by atoms with E-state index in [1.165, 1.54) is 5.00 Å². The van der Waals surface area contributed by atoms with E-state index in [2.05, 4.69) is 22.4 Å². The molecule has 0 aliphatic carbocycles. The highest BCUT2D eigenvalue weighted by Crippen LogP contribution is 2.26. The van der Waals surface area contributed by atoms with E-state index in [4.69, 9.17) is 0 Å². The van der Waals surface area contributed by atoms with Gasteiger partial charge in [-0.25, -0.2) is 0 Å². The molecule has 2 nitrogen and oxygen atoms in total. The number of aldehydes is 1. The summed E-state index contributed by atoms with van der Waals surface area (Å²) in [7, 11) is 0. The van der Waals surface area contributed by atoms with Crippen molar-refractivity contribution in [1.82, 2.24) is 0 Å². The van der Waals surface area contributed by atoms with Gasteiger partial charge in [0.15, 0.2) is 0 Å². The SMILES string of the molecule is O=CC1CCCN(c2cccs2)C1. The summed E-state index contributed by atoms with van der Waals surface area (Å²) in [6, 6.07) is 4.18. The average molecular weight is 195 g/mol. The summed E-state index contributed by atoms with van der Waals surface area (Å²) >= 11 is 1.75. The maximum atomic E-state index is 10.7. The lowest BCUT2D eigenvalue weighted by atomic mass is 10.0. The number of thiophene rings is 1. The van der Waals surface area contributed by atoms with Gasteiger partial charge in [0.25, 0.3) is 0 Å². The Labute approximate surface area is 82.2 Å². The van der Waals surface area contributed by atoms with E-state index in [1.807, 2.05) is 0 Å². The zero-order valence-corrected chi connectivity index (χ0v) is 8.30. The average Bonchev–Trinajstić information content (AvgIpc) is 2.71. The van der Waals surface area contributed by atoms with Gasteiger partial charge in [-0.3, -0.25) is 0 Å². The normalized spacial score (nSPS) is 23.1. The van der Waals surface area contributed by atoms with Crippen LogP contribution in [-0.2, 0) is 4.79 Å². The number of rotatable bonds is 2. The Hall–Kier alpha value is -0.830. The predicted molar refractivity (Wildman–Crippen MR) is 55.3 cm³/mol. The van der Waals surface area contributed by atoms with Gasteiger partial charge in [0.1, 0.15) is 6.29 Å². The molecule has 1 aliphatic heterocycles. The third kappa shape index (κ3) is 1.91. The zero-order chi connectivity index (χ0) is 9.10. The van der Waals surface area contributed by atoms with Crippen molar-refractivity contribution in [2.24, 2.45) is 5.92 Å². The fourth-order valence-corrected chi connectivity index (χ4v) is 2.54. The van der Waals surface area contributed by atoms with Crippen molar-refractivity contribution in [3.63, 3.8) is 0 Å². The molecule has 0 radical (unpaired) electrons. The molecule has 2 heterocycles. The first kappa shape index (κ1) is 8.75. The Morgan fingerprint density at radius 1 is 1.62 bits per heavy atom. The molecule has 0 bridgehead atoms. The van der Waals surface area contributed by atoms with Crippen molar-refractivity contribution < 1.29 is 4.79 Å². The Morgan fingerprint density at radius 2 is 2.54 bits per heavy atom. The molecule has 0 saturated carbocycles. The largest absolute Gasteiger partial charge is 0.363 e. The van der Waals surface area contributed by atoms with Gasteiger partial charge < -0.3 is 9.69 Å². The minimum atomic E-state index is 0.246. The van der Waals surface area contributed by atoms with Crippen LogP contribution in [0.4, 0.5) is 5.00 Å². The minimum absolute atomic E-state index is 0.246. The van der Waals surface area contributed by atoms with Gasteiger partial charge in [-0.2, -0.15) is 0 Å². The summed E-state index contributed by atoms with van der Waals surface area (Å²) < 4.78 is 0. The van der Waals surface area contributed by atoms with Crippen LogP contribution in [0.2, 0.25) is 0 Å². The third-order valence-corrected chi connectivity index (χ3v) is 3.40. The Morgan fingerprint density at radius 3 is 3.23 bits per heavy atom. The molecule has 1 unspecified atom stereocenters. The zero-order valence-electron chi connectivity index (χ0n) is 7.48. The van der Waals surface area contributed by atoms with E-state index in [0.29, 0.717) is 0 Å². The lowest BCUT2D eigenvalue weighted by Crippen LogP contribution is -2.35. The van der Waals surface area contributed by atoms with Crippen LogP contribution in [0.5, 0.6) is 0 Å². The van der Waals surface area contributed by atoms with Crippen molar-refractivity contribution in [3.05, 3.63) is 17.5 Å². The number of piperidine rings is 1. The molecule has 3 heteroatoms. The van der Waals surface area contributed by atoms with Crippen LogP contribution in [0.25, 0.3) is 0 Å². The summed E-state index contributed by atoms with van der Waals surface area (Å²) in [6.07, 6.45) is 3.30. The second kappa shape index (κ2) is 3.92. The van der Waals surface area contributed by atoms with Crippen molar-refractivity contribution in [1.29, 1.82) is 0 Å². The highest BCUT2D eigenvalue weighted by Gasteiger charge is 2.19. The topological polar surface area (TPSA) is 20.3 Å². The molecule has 1 aromatic heterocycles. The van der Waals surface area contributed by atoms with Gasteiger partial charge in [0.2, 0.25) is 0 Å². The smallest absolute Gasteiger partial charge is 0.124 e. The van der Waals surface area contributed by atoms with Crippen LogP contribution in [0.1, 0.15) is 12.8 Å². The van der Waals surface area contributed by atoms with Crippen LogP contribution < -0.4 is 4.90 Å². The number of anilines is 1. The molecular weight excluding hydrogens is 182 g/mol. The molecule has 1 fully saturated rings. The second-order valence-corrected chi connectivity index (χ2v) is 4.36. The van der Waals surface area contributed by atoms with Gasteiger partial charge in [0, 0.05) is 19.0 Å². The highest BCUT2D eigenvalue weighted by atomic mass is 32.1. The lowest BCUT2D eigenvalue weighted by molar-refractivity contribution is -0.111. The molecule has 1 atom stereocenters. The third-order valence-electron chi connectivity index (χ3n) is 2.47. The van der Waals surface area contributed by atoms with E-state index in [1.54, 1.807) is 11.3 Å². The number of carbonyl (C=O) groups excluding carboxylic acids is 1. The first-order chi connectivity index (χ1) is 6.40. The highest BCUT2D eigenvalue weighted by molar-refractivity contribution is 7.14. The molecule has 1 saturated heterocycles. The first-order valence-corrected chi connectivity index (χ1v) is 5.52. The van der Waals surface area contributed by atoms with Gasteiger partial charge in [-0.1, -0.05) is 0 Å². The molecular formula is C10H13NOS. The molecule has 2 rings (SSSR count). The van der Waals surface area contributed by atoms with Gasteiger partial charge >= 0.3 is 0 Å². The van der Waals surface area contributed by atoms with Gasteiger partial charge in [0.05, 0.1) is 5.00 Å². The van der Waals surface area contributed by atoms with Gasteiger partial charge in [-0.15, -0.1) is 11.3 Å². The van der Waals surface area contributed by atoms with E-state index in [-0.39, 0.29) is 5.92 Å².